The fourth-order valence-electron chi connectivity index (χ4n) is 3.35. The lowest BCUT2D eigenvalue weighted by atomic mass is 9.97. The molecule has 2 N–H and O–H groups in total. The molecule has 0 saturated carbocycles. The van der Waals surface area contributed by atoms with Crippen LogP contribution in [0.4, 0.5) is 0 Å². The van der Waals surface area contributed by atoms with Crippen LogP contribution in [-0.2, 0) is 16.4 Å². The summed E-state index contributed by atoms with van der Waals surface area (Å²) in [4.78, 5) is 16.5. The number of carbonyl (C=O) groups is 1. The Bertz CT molecular complexity index is 1370. The first-order valence-electron chi connectivity index (χ1n) is 9.70. The number of primary amides is 1. The molecule has 0 spiro atoms. The van der Waals surface area contributed by atoms with Crippen molar-refractivity contribution in [3.63, 3.8) is 0 Å². The minimum absolute atomic E-state index is 0.0963. The molecule has 2 heterocycles. The Labute approximate surface area is 190 Å². The van der Waals surface area contributed by atoms with Crippen LogP contribution in [0.2, 0.25) is 5.02 Å². The van der Waals surface area contributed by atoms with Crippen molar-refractivity contribution in [2.24, 2.45) is 5.73 Å². The van der Waals surface area contributed by atoms with Gasteiger partial charge in [-0.15, -0.1) is 0 Å². The maximum absolute atomic E-state index is 12.9. The van der Waals surface area contributed by atoms with Crippen molar-refractivity contribution in [2.75, 3.05) is 5.75 Å². The fourth-order valence-corrected chi connectivity index (χ4v) is 4.80. The minimum atomic E-state index is -3.63. The lowest BCUT2D eigenvalue weighted by Gasteiger charge is -2.13. The standard InChI is InChI=1S/C23H19ClN4O3S/c24-21-8-5-16(14-20(21)22-4-1-2-9-26-22)19-15-17(6-7-18(19)23(25)29)32(30,31)13-12-28-11-3-10-27-28/h1-11,14-15H,12-13H2,(H2,25,29). The van der Waals surface area contributed by atoms with Gasteiger partial charge in [-0.3, -0.25) is 14.5 Å². The average Bonchev–Trinajstić information content (AvgIpc) is 3.32. The lowest BCUT2D eigenvalue weighted by molar-refractivity contribution is 0.100. The zero-order valence-corrected chi connectivity index (χ0v) is 18.4. The van der Waals surface area contributed by atoms with E-state index in [0.29, 0.717) is 27.4 Å². The van der Waals surface area contributed by atoms with Gasteiger partial charge in [0.1, 0.15) is 0 Å². The minimum Gasteiger partial charge on any atom is -0.366 e. The molecule has 0 saturated heterocycles. The number of sulfone groups is 1. The van der Waals surface area contributed by atoms with Gasteiger partial charge in [0.25, 0.3) is 0 Å². The summed E-state index contributed by atoms with van der Waals surface area (Å²) in [7, 11) is -3.63. The molecule has 0 aliphatic carbocycles. The SMILES string of the molecule is NC(=O)c1ccc(S(=O)(=O)CCn2cccn2)cc1-c1ccc(Cl)c(-c2ccccn2)c1. The monoisotopic (exact) mass is 466 g/mol. The molecule has 32 heavy (non-hydrogen) atoms. The molecule has 0 bridgehead atoms. The molecule has 2 aromatic carbocycles. The predicted molar refractivity (Wildman–Crippen MR) is 123 cm³/mol. The van der Waals surface area contributed by atoms with Crippen LogP contribution in [0, 0.1) is 0 Å². The smallest absolute Gasteiger partial charge is 0.249 e. The van der Waals surface area contributed by atoms with E-state index in [2.05, 4.69) is 10.1 Å². The number of aromatic nitrogens is 3. The van der Waals surface area contributed by atoms with Crippen molar-refractivity contribution in [3.05, 3.63) is 89.8 Å². The van der Waals surface area contributed by atoms with E-state index in [1.54, 1.807) is 53.6 Å². The molecule has 4 aromatic rings. The van der Waals surface area contributed by atoms with Gasteiger partial charge in [0.2, 0.25) is 5.91 Å². The second-order valence-electron chi connectivity index (χ2n) is 7.07. The molecule has 0 fully saturated rings. The number of aryl methyl sites for hydroxylation is 1. The number of nitrogens with zero attached hydrogens (tertiary/aromatic N) is 3. The van der Waals surface area contributed by atoms with Crippen LogP contribution in [0.25, 0.3) is 22.4 Å². The van der Waals surface area contributed by atoms with Gasteiger partial charge in [-0.05, 0) is 59.7 Å². The highest BCUT2D eigenvalue weighted by Crippen LogP contribution is 2.34. The summed E-state index contributed by atoms with van der Waals surface area (Å²) in [6.45, 7) is 0.215. The van der Waals surface area contributed by atoms with Crippen LogP contribution in [0.3, 0.4) is 0 Å². The summed E-state index contributed by atoms with van der Waals surface area (Å²) in [6.07, 6.45) is 4.94. The first-order valence-corrected chi connectivity index (χ1v) is 11.7. The third-order valence-electron chi connectivity index (χ3n) is 4.98. The van der Waals surface area contributed by atoms with Gasteiger partial charge in [0, 0.05) is 34.7 Å². The highest BCUT2D eigenvalue weighted by molar-refractivity contribution is 7.91. The third kappa shape index (κ3) is 4.56. The number of nitrogens with two attached hydrogens (primary N) is 1. The van der Waals surface area contributed by atoms with Crippen LogP contribution >= 0.6 is 11.6 Å². The number of hydrogen-bond acceptors (Lipinski definition) is 5. The highest BCUT2D eigenvalue weighted by atomic mass is 35.5. The molecule has 2 aromatic heterocycles. The second-order valence-corrected chi connectivity index (χ2v) is 9.59. The van der Waals surface area contributed by atoms with Gasteiger partial charge in [0.15, 0.2) is 9.84 Å². The predicted octanol–water partition coefficient (Wildman–Crippen LogP) is 3.84. The Morgan fingerprint density at radius 2 is 1.84 bits per heavy atom. The molecular weight excluding hydrogens is 448 g/mol. The van der Waals surface area contributed by atoms with E-state index in [9.17, 15) is 13.2 Å². The zero-order valence-electron chi connectivity index (χ0n) is 16.8. The van der Waals surface area contributed by atoms with E-state index < -0.39 is 15.7 Å². The van der Waals surface area contributed by atoms with E-state index in [4.69, 9.17) is 17.3 Å². The average molecular weight is 467 g/mol. The van der Waals surface area contributed by atoms with E-state index in [1.165, 1.54) is 18.2 Å². The molecule has 0 aliphatic rings. The van der Waals surface area contributed by atoms with Crippen LogP contribution in [0.15, 0.2) is 84.1 Å². The van der Waals surface area contributed by atoms with Crippen LogP contribution < -0.4 is 5.73 Å². The maximum atomic E-state index is 12.9. The van der Waals surface area contributed by atoms with Crippen molar-refractivity contribution in [2.45, 2.75) is 11.4 Å². The summed E-state index contributed by atoms with van der Waals surface area (Å²) >= 11 is 6.38. The Kier molecular flexibility index (Phi) is 6.07. The summed E-state index contributed by atoms with van der Waals surface area (Å²) in [5.41, 5.74) is 8.12. The van der Waals surface area contributed by atoms with Crippen molar-refractivity contribution in [3.8, 4) is 22.4 Å². The van der Waals surface area contributed by atoms with Gasteiger partial charge in [-0.1, -0.05) is 23.7 Å². The number of pyridine rings is 1. The van der Waals surface area contributed by atoms with E-state index >= 15 is 0 Å². The van der Waals surface area contributed by atoms with Crippen LogP contribution in [0.5, 0.6) is 0 Å². The molecule has 7 nitrogen and oxygen atoms in total. The first-order chi connectivity index (χ1) is 15.3. The summed E-state index contributed by atoms with van der Waals surface area (Å²) in [5.74, 6) is -0.793. The fraction of sp³-hybridized carbons (Fsp3) is 0.0870. The van der Waals surface area contributed by atoms with Gasteiger partial charge >= 0.3 is 0 Å². The second kappa shape index (κ2) is 8.94. The van der Waals surface area contributed by atoms with Crippen LogP contribution in [-0.4, -0.2) is 34.8 Å². The summed E-state index contributed by atoms with van der Waals surface area (Å²) in [5, 5.41) is 4.52. The molecule has 4 rings (SSSR count). The number of carbonyl (C=O) groups excluding carboxylic acids is 1. The van der Waals surface area contributed by atoms with Crippen molar-refractivity contribution in [1.29, 1.82) is 0 Å². The molecule has 0 radical (unpaired) electrons. The molecule has 0 unspecified atom stereocenters. The molecule has 162 valence electrons. The van der Waals surface area contributed by atoms with Crippen molar-refractivity contribution in [1.82, 2.24) is 14.8 Å². The molecule has 0 aliphatic heterocycles. The Balaban J connectivity index is 1.77. The summed E-state index contributed by atoms with van der Waals surface area (Å²) < 4.78 is 27.4. The first kappa shape index (κ1) is 21.7. The zero-order chi connectivity index (χ0) is 22.7. The molecule has 0 atom stereocenters. The van der Waals surface area contributed by atoms with E-state index in [0.717, 1.165) is 0 Å². The Hall–Kier alpha value is -3.49. The van der Waals surface area contributed by atoms with Gasteiger partial charge < -0.3 is 5.73 Å². The number of halogens is 1. The van der Waals surface area contributed by atoms with Crippen molar-refractivity contribution >= 4 is 27.3 Å². The molecular formula is C23H19ClN4O3S. The molecule has 9 heteroatoms. The highest BCUT2D eigenvalue weighted by Gasteiger charge is 2.20. The van der Waals surface area contributed by atoms with Crippen LogP contribution in [0.1, 0.15) is 10.4 Å². The number of rotatable bonds is 7. The summed E-state index contributed by atoms with van der Waals surface area (Å²) in [6, 6.07) is 16.7. The quantitative estimate of drug-likeness (QED) is 0.445. The van der Waals surface area contributed by atoms with Crippen molar-refractivity contribution < 1.29 is 13.2 Å². The molecule has 1 amide bonds. The Morgan fingerprint density at radius 1 is 1.00 bits per heavy atom. The maximum Gasteiger partial charge on any atom is 0.249 e. The van der Waals surface area contributed by atoms with Gasteiger partial charge in [0.05, 0.1) is 22.9 Å². The van der Waals surface area contributed by atoms with Gasteiger partial charge in [-0.25, -0.2) is 8.42 Å². The lowest BCUT2D eigenvalue weighted by Crippen LogP contribution is -2.16. The number of amides is 1. The topological polar surface area (TPSA) is 108 Å². The van der Waals surface area contributed by atoms with Gasteiger partial charge in [-0.2, -0.15) is 5.10 Å². The third-order valence-corrected chi connectivity index (χ3v) is 7.00. The van der Waals surface area contributed by atoms with E-state index in [-0.39, 0.29) is 22.8 Å². The Morgan fingerprint density at radius 3 is 2.53 bits per heavy atom. The van der Waals surface area contributed by atoms with E-state index in [1.807, 2.05) is 12.1 Å². The number of hydrogen-bond donors (Lipinski definition) is 1. The normalized spacial score (nSPS) is 11.4. The number of benzene rings is 2. The largest absolute Gasteiger partial charge is 0.366 e.